The van der Waals surface area contributed by atoms with E-state index in [0.717, 1.165) is 5.56 Å². The van der Waals surface area contributed by atoms with Crippen molar-refractivity contribution in [3.63, 3.8) is 0 Å². The zero-order valence-electron chi connectivity index (χ0n) is 10.3. The van der Waals surface area contributed by atoms with Crippen LogP contribution in [0, 0.1) is 6.92 Å². The lowest BCUT2D eigenvalue weighted by molar-refractivity contribution is 0.0951. The van der Waals surface area contributed by atoms with E-state index in [1.807, 2.05) is 30.5 Å². The number of aryl methyl sites for hydroxylation is 1. The van der Waals surface area contributed by atoms with Gasteiger partial charge < -0.3 is 11.1 Å². The Balaban J connectivity index is 2.01. The van der Waals surface area contributed by atoms with Crippen LogP contribution in [0.1, 0.15) is 26.4 Å². The Morgan fingerprint density at radius 1 is 1.39 bits per heavy atom. The molecule has 0 atom stereocenters. The van der Waals surface area contributed by atoms with Gasteiger partial charge >= 0.3 is 0 Å². The molecule has 0 aliphatic heterocycles. The first-order valence-corrected chi connectivity index (χ1v) is 6.69. The maximum atomic E-state index is 12.0. The maximum Gasteiger partial charge on any atom is 0.251 e. The van der Waals surface area contributed by atoms with Gasteiger partial charge in [0, 0.05) is 17.0 Å². The average Bonchev–Trinajstić information content (AvgIpc) is 2.81. The molecule has 0 fully saturated rings. The Kier molecular flexibility index (Phi) is 4.12. The van der Waals surface area contributed by atoms with Crippen LogP contribution in [0.2, 0.25) is 0 Å². The molecule has 2 aromatic rings. The molecule has 0 aliphatic carbocycles. The van der Waals surface area contributed by atoms with Gasteiger partial charge in [-0.1, -0.05) is 12.1 Å². The summed E-state index contributed by atoms with van der Waals surface area (Å²) in [5, 5.41) is 4.96. The second kappa shape index (κ2) is 5.80. The Morgan fingerprint density at radius 3 is 2.89 bits per heavy atom. The molecular weight excluding hydrogens is 244 g/mol. The smallest absolute Gasteiger partial charge is 0.251 e. The van der Waals surface area contributed by atoms with Crippen LogP contribution < -0.4 is 11.1 Å². The molecule has 18 heavy (non-hydrogen) atoms. The number of carbonyl (C=O) groups excluding carboxylic acids is 1. The lowest BCUT2D eigenvalue weighted by Gasteiger charge is -2.06. The first-order valence-electron chi connectivity index (χ1n) is 5.81. The summed E-state index contributed by atoms with van der Waals surface area (Å²) >= 11 is 1.66. The lowest BCUT2D eigenvalue weighted by atomic mass is 10.1. The number of nitrogens with two attached hydrogens (primary N) is 1. The third-order valence-electron chi connectivity index (χ3n) is 2.80. The van der Waals surface area contributed by atoms with Crippen molar-refractivity contribution in [2.45, 2.75) is 20.0 Å². The second-order valence-electron chi connectivity index (χ2n) is 4.11. The molecule has 94 valence electrons. The van der Waals surface area contributed by atoms with Crippen LogP contribution >= 0.6 is 11.3 Å². The Bertz CT molecular complexity index is 548. The normalized spacial score (nSPS) is 10.3. The summed E-state index contributed by atoms with van der Waals surface area (Å²) in [6, 6.07) is 9.46. The number of carbonyl (C=O) groups is 1. The highest BCUT2D eigenvalue weighted by molar-refractivity contribution is 7.10. The Labute approximate surface area is 111 Å². The van der Waals surface area contributed by atoms with Crippen LogP contribution in [0.25, 0.3) is 0 Å². The van der Waals surface area contributed by atoms with Crippen LogP contribution in [-0.4, -0.2) is 5.91 Å². The van der Waals surface area contributed by atoms with Crippen molar-refractivity contribution in [2.24, 2.45) is 5.73 Å². The third-order valence-corrected chi connectivity index (χ3v) is 3.83. The summed E-state index contributed by atoms with van der Waals surface area (Å²) in [7, 11) is 0. The quantitative estimate of drug-likeness (QED) is 0.887. The topological polar surface area (TPSA) is 55.1 Å². The van der Waals surface area contributed by atoms with E-state index in [4.69, 9.17) is 5.73 Å². The number of nitrogens with one attached hydrogen (secondary N) is 1. The van der Waals surface area contributed by atoms with Crippen molar-refractivity contribution < 1.29 is 4.79 Å². The van der Waals surface area contributed by atoms with Crippen LogP contribution in [0.15, 0.2) is 35.7 Å². The number of hydrogen-bond donors (Lipinski definition) is 2. The highest BCUT2D eigenvalue weighted by Gasteiger charge is 2.07. The fourth-order valence-corrected chi connectivity index (χ4v) is 2.53. The summed E-state index contributed by atoms with van der Waals surface area (Å²) < 4.78 is 0. The summed E-state index contributed by atoms with van der Waals surface area (Å²) in [5.41, 5.74) is 8.41. The minimum atomic E-state index is -0.0573. The number of thiophene rings is 1. The van der Waals surface area contributed by atoms with E-state index in [2.05, 4.69) is 11.4 Å². The van der Waals surface area contributed by atoms with Gasteiger partial charge in [-0.15, -0.1) is 11.3 Å². The van der Waals surface area contributed by atoms with E-state index in [0.29, 0.717) is 18.7 Å². The molecule has 0 radical (unpaired) electrons. The molecule has 4 heteroatoms. The van der Waals surface area contributed by atoms with Crippen molar-refractivity contribution in [2.75, 3.05) is 0 Å². The second-order valence-corrected chi connectivity index (χ2v) is 5.11. The van der Waals surface area contributed by atoms with Gasteiger partial charge in [0.2, 0.25) is 0 Å². The number of benzene rings is 1. The molecular formula is C14H16N2OS. The Hall–Kier alpha value is -1.65. The molecule has 0 saturated heterocycles. The van der Waals surface area contributed by atoms with Crippen molar-refractivity contribution in [3.05, 3.63) is 57.3 Å². The molecule has 3 nitrogen and oxygen atoms in total. The van der Waals surface area contributed by atoms with Gasteiger partial charge in [0.1, 0.15) is 0 Å². The standard InChI is InChI=1S/C14H16N2OS/c1-10-5-6-18-13(10)9-16-14(17)12-4-2-3-11(7-12)8-15/h2-7H,8-9,15H2,1H3,(H,16,17). The van der Waals surface area contributed by atoms with Crippen molar-refractivity contribution >= 4 is 17.2 Å². The molecule has 0 unspecified atom stereocenters. The van der Waals surface area contributed by atoms with E-state index in [1.54, 1.807) is 17.4 Å². The highest BCUT2D eigenvalue weighted by Crippen LogP contribution is 2.15. The monoisotopic (exact) mass is 260 g/mol. The Morgan fingerprint density at radius 2 is 2.22 bits per heavy atom. The fourth-order valence-electron chi connectivity index (χ4n) is 1.69. The van der Waals surface area contributed by atoms with E-state index in [9.17, 15) is 4.79 Å². The van der Waals surface area contributed by atoms with Gasteiger partial charge in [-0.05, 0) is 41.6 Å². The summed E-state index contributed by atoms with van der Waals surface area (Å²) in [5.74, 6) is -0.0573. The van der Waals surface area contributed by atoms with E-state index < -0.39 is 0 Å². The first-order chi connectivity index (χ1) is 8.70. The van der Waals surface area contributed by atoms with Gasteiger partial charge in [0.25, 0.3) is 5.91 Å². The van der Waals surface area contributed by atoms with E-state index >= 15 is 0 Å². The largest absolute Gasteiger partial charge is 0.347 e. The zero-order chi connectivity index (χ0) is 13.0. The van der Waals surface area contributed by atoms with Crippen molar-refractivity contribution in [1.29, 1.82) is 0 Å². The summed E-state index contributed by atoms with van der Waals surface area (Å²) in [6.45, 7) is 3.08. The molecule has 3 N–H and O–H groups in total. The SMILES string of the molecule is Cc1ccsc1CNC(=O)c1cccc(CN)c1. The van der Waals surface area contributed by atoms with E-state index in [-0.39, 0.29) is 5.91 Å². The molecule has 1 aromatic heterocycles. The molecule has 0 bridgehead atoms. The number of amides is 1. The molecule has 0 aliphatic rings. The molecule has 0 spiro atoms. The first kappa shape index (κ1) is 12.8. The minimum absolute atomic E-state index is 0.0573. The van der Waals surface area contributed by atoms with Gasteiger partial charge in [0.05, 0.1) is 6.54 Å². The molecule has 0 saturated carbocycles. The van der Waals surface area contributed by atoms with Crippen molar-refractivity contribution in [3.8, 4) is 0 Å². The van der Waals surface area contributed by atoms with E-state index in [1.165, 1.54) is 10.4 Å². The van der Waals surface area contributed by atoms with Gasteiger partial charge in [-0.3, -0.25) is 4.79 Å². The lowest BCUT2D eigenvalue weighted by Crippen LogP contribution is -2.22. The van der Waals surface area contributed by atoms with Crippen LogP contribution in [-0.2, 0) is 13.1 Å². The fraction of sp³-hybridized carbons (Fsp3) is 0.214. The molecule has 2 rings (SSSR count). The third kappa shape index (κ3) is 2.97. The van der Waals surface area contributed by atoms with Crippen molar-refractivity contribution in [1.82, 2.24) is 5.32 Å². The molecule has 1 amide bonds. The van der Waals surface area contributed by atoms with Gasteiger partial charge in [0.15, 0.2) is 0 Å². The number of rotatable bonds is 4. The number of hydrogen-bond acceptors (Lipinski definition) is 3. The van der Waals surface area contributed by atoms with Gasteiger partial charge in [-0.2, -0.15) is 0 Å². The molecule has 1 aromatic carbocycles. The zero-order valence-corrected chi connectivity index (χ0v) is 11.1. The van der Waals surface area contributed by atoms with Crippen LogP contribution in [0.5, 0.6) is 0 Å². The van der Waals surface area contributed by atoms with Crippen LogP contribution in [0.3, 0.4) is 0 Å². The maximum absolute atomic E-state index is 12.0. The summed E-state index contributed by atoms with van der Waals surface area (Å²) in [6.07, 6.45) is 0. The summed E-state index contributed by atoms with van der Waals surface area (Å²) in [4.78, 5) is 13.2. The average molecular weight is 260 g/mol. The molecule has 1 heterocycles. The predicted molar refractivity (Wildman–Crippen MR) is 74.6 cm³/mol. The minimum Gasteiger partial charge on any atom is -0.347 e. The highest BCUT2D eigenvalue weighted by atomic mass is 32.1. The predicted octanol–water partition coefficient (Wildman–Crippen LogP) is 2.45. The van der Waals surface area contributed by atoms with Gasteiger partial charge in [-0.25, -0.2) is 0 Å². The van der Waals surface area contributed by atoms with Crippen LogP contribution in [0.4, 0.5) is 0 Å².